The van der Waals surface area contributed by atoms with E-state index in [1.165, 1.54) is 96.9 Å². The highest BCUT2D eigenvalue weighted by Crippen LogP contribution is 2.26. The van der Waals surface area contributed by atoms with Crippen LogP contribution in [0.4, 0.5) is 0 Å². The molecule has 3 aliphatic rings. The zero-order valence-electron chi connectivity index (χ0n) is 16.7. The van der Waals surface area contributed by atoms with Gasteiger partial charge >= 0.3 is 0 Å². The van der Waals surface area contributed by atoms with Crippen LogP contribution in [-0.4, -0.2) is 74.2 Å². The molecule has 5 nitrogen and oxygen atoms in total. The van der Waals surface area contributed by atoms with Gasteiger partial charge in [0.05, 0.1) is 0 Å². The molecule has 0 amide bonds. The number of hydrogen-bond donors (Lipinski definition) is 2. The summed E-state index contributed by atoms with van der Waals surface area (Å²) in [5, 5.41) is 7.18. The molecule has 0 aromatic carbocycles. The number of rotatable bonds is 6. The Morgan fingerprint density at radius 2 is 1.69 bits per heavy atom. The van der Waals surface area contributed by atoms with E-state index in [2.05, 4.69) is 25.4 Å². The molecule has 6 heteroatoms. The van der Waals surface area contributed by atoms with Crippen molar-refractivity contribution < 1.29 is 0 Å². The van der Waals surface area contributed by atoms with Crippen LogP contribution in [0, 0.1) is 0 Å². The van der Waals surface area contributed by atoms with Crippen LogP contribution in [0.25, 0.3) is 0 Å². The molecule has 26 heavy (non-hydrogen) atoms. The summed E-state index contributed by atoms with van der Waals surface area (Å²) in [6, 6.07) is 1.42. The summed E-state index contributed by atoms with van der Waals surface area (Å²) in [5.41, 5.74) is 0. The third-order valence-corrected chi connectivity index (χ3v) is 6.27. The van der Waals surface area contributed by atoms with E-state index in [4.69, 9.17) is 0 Å². The van der Waals surface area contributed by atoms with E-state index in [0.29, 0.717) is 6.04 Å². The third kappa shape index (κ3) is 7.15. The van der Waals surface area contributed by atoms with Crippen LogP contribution < -0.4 is 10.6 Å². The lowest BCUT2D eigenvalue weighted by molar-refractivity contribution is 0.242. The van der Waals surface area contributed by atoms with E-state index in [1.54, 1.807) is 0 Å². The first kappa shape index (κ1) is 22.2. The molecule has 0 aromatic rings. The smallest absolute Gasteiger partial charge is 0.191 e. The van der Waals surface area contributed by atoms with Crippen molar-refractivity contribution in [2.75, 3.05) is 46.3 Å². The summed E-state index contributed by atoms with van der Waals surface area (Å²) in [5.74, 6) is 0.995. The normalized spacial score (nSPS) is 26.5. The van der Waals surface area contributed by atoms with Gasteiger partial charge in [0.2, 0.25) is 0 Å². The molecule has 3 fully saturated rings. The van der Waals surface area contributed by atoms with Gasteiger partial charge < -0.3 is 15.5 Å². The maximum Gasteiger partial charge on any atom is 0.191 e. The topological polar surface area (TPSA) is 42.9 Å². The maximum absolute atomic E-state index is 4.44. The second kappa shape index (κ2) is 12.4. The van der Waals surface area contributed by atoms with Crippen LogP contribution in [0.5, 0.6) is 0 Å². The number of halogens is 1. The monoisotopic (exact) mass is 477 g/mol. The first-order valence-corrected chi connectivity index (χ1v) is 10.8. The molecule has 2 aliphatic heterocycles. The number of aliphatic imine (C=N–C) groups is 1. The minimum atomic E-state index is 0. The van der Waals surface area contributed by atoms with Crippen molar-refractivity contribution in [2.45, 2.75) is 76.3 Å². The quantitative estimate of drug-likeness (QED) is 0.267. The Labute approximate surface area is 177 Å². The lowest BCUT2D eigenvalue weighted by atomic mass is 10.2. The third-order valence-electron chi connectivity index (χ3n) is 6.27. The highest BCUT2D eigenvalue weighted by molar-refractivity contribution is 14.0. The lowest BCUT2D eigenvalue weighted by Gasteiger charge is -2.24. The van der Waals surface area contributed by atoms with E-state index in [1.807, 2.05) is 7.05 Å². The molecule has 1 atom stereocenters. The molecule has 2 heterocycles. The molecule has 0 bridgehead atoms. The minimum absolute atomic E-state index is 0. The average molecular weight is 477 g/mol. The van der Waals surface area contributed by atoms with Gasteiger partial charge in [-0.1, -0.05) is 25.7 Å². The second-order valence-corrected chi connectivity index (χ2v) is 8.17. The van der Waals surface area contributed by atoms with Crippen molar-refractivity contribution in [3.05, 3.63) is 0 Å². The predicted octanol–water partition coefficient (Wildman–Crippen LogP) is 3.05. The summed E-state index contributed by atoms with van der Waals surface area (Å²) in [6.45, 7) is 7.30. The zero-order valence-corrected chi connectivity index (χ0v) is 19.0. The Hall–Kier alpha value is -0.0800. The van der Waals surface area contributed by atoms with Crippen LogP contribution >= 0.6 is 24.0 Å². The molecule has 152 valence electrons. The maximum atomic E-state index is 4.44. The number of hydrogen-bond acceptors (Lipinski definition) is 3. The van der Waals surface area contributed by atoms with Crippen molar-refractivity contribution in [1.29, 1.82) is 0 Å². The van der Waals surface area contributed by atoms with Gasteiger partial charge in [0, 0.05) is 38.8 Å². The molecule has 1 unspecified atom stereocenters. The van der Waals surface area contributed by atoms with Crippen LogP contribution in [0.3, 0.4) is 0 Å². The molecule has 0 spiro atoms. The zero-order chi connectivity index (χ0) is 17.3. The lowest BCUT2D eigenvalue weighted by Crippen LogP contribution is -2.45. The van der Waals surface area contributed by atoms with Gasteiger partial charge in [0.1, 0.15) is 0 Å². The van der Waals surface area contributed by atoms with Gasteiger partial charge in [0.25, 0.3) is 0 Å². The summed E-state index contributed by atoms with van der Waals surface area (Å²) >= 11 is 0. The number of nitrogens with one attached hydrogen (secondary N) is 2. The SMILES string of the molecule is CN=C(NCCCN1CCCCCC1)NC1CCN(C2CCCC2)C1.I. The molecule has 2 N–H and O–H groups in total. The van der Waals surface area contributed by atoms with Crippen molar-refractivity contribution >= 4 is 29.9 Å². The molecule has 2 saturated heterocycles. The Morgan fingerprint density at radius 3 is 2.38 bits per heavy atom. The van der Waals surface area contributed by atoms with E-state index < -0.39 is 0 Å². The molecule has 1 aliphatic carbocycles. The van der Waals surface area contributed by atoms with Crippen molar-refractivity contribution in [3.8, 4) is 0 Å². The number of guanidine groups is 1. The predicted molar refractivity (Wildman–Crippen MR) is 122 cm³/mol. The second-order valence-electron chi connectivity index (χ2n) is 8.17. The fourth-order valence-electron chi connectivity index (χ4n) is 4.76. The largest absolute Gasteiger partial charge is 0.356 e. The molecule has 0 aromatic heterocycles. The van der Waals surface area contributed by atoms with Crippen LogP contribution in [0.15, 0.2) is 4.99 Å². The van der Waals surface area contributed by atoms with E-state index in [0.717, 1.165) is 18.5 Å². The van der Waals surface area contributed by atoms with Gasteiger partial charge in [-0.25, -0.2) is 0 Å². The molecule has 3 rings (SSSR count). The van der Waals surface area contributed by atoms with Crippen LogP contribution in [-0.2, 0) is 0 Å². The molecule has 0 radical (unpaired) electrons. The Bertz CT molecular complexity index is 403. The van der Waals surface area contributed by atoms with E-state index in [-0.39, 0.29) is 24.0 Å². The van der Waals surface area contributed by atoms with Crippen molar-refractivity contribution in [1.82, 2.24) is 20.4 Å². The fraction of sp³-hybridized carbons (Fsp3) is 0.950. The van der Waals surface area contributed by atoms with E-state index in [9.17, 15) is 0 Å². The standard InChI is InChI=1S/C20H39N5.HI/c1-21-20(22-12-8-15-24-13-6-2-3-7-14-24)23-18-11-16-25(17-18)19-9-4-5-10-19;/h18-19H,2-17H2,1H3,(H2,21,22,23);1H. The Morgan fingerprint density at radius 1 is 0.962 bits per heavy atom. The van der Waals surface area contributed by atoms with Gasteiger partial charge in [-0.15, -0.1) is 24.0 Å². The summed E-state index contributed by atoms with van der Waals surface area (Å²) in [6.07, 6.45) is 13.8. The van der Waals surface area contributed by atoms with Crippen molar-refractivity contribution in [2.24, 2.45) is 4.99 Å². The van der Waals surface area contributed by atoms with Gasteiger partial charge in [-0.2, -0.15) is 0 Å². The first-order valence-electron chi connectivity index (χ1n) is 10.8. The summed E-state index contributed by atoms with van der Waals surface area (Å²) < 4.78 is 0. The van der Waals surface area contributed by atoms with Gasteiger partial charge in [-0.05, 0) is 58.2 Å². The molecular formula is C20H40IN5. The first-order chi connectivity index (χ1) is 12.3. The van der Waals surface area contributed by atoms with Gasteiger partial charge in [0.15, 0.2) is 5.96 Å². The van der Waals surface area contributed by atoms with E-state index >= 15 is 0 Å². The number of nitrogens with zero attached hydrogens (tertiary/aromatic N) is 3. The van der Waals surface area contributed by atoms with Gasteiger partial charge in [-0.3, -0.25) is 9.89 Å². The van der Waals surface area contributed by atoms with Crippen LogP contribution in [0.2, 0.25) is 0 Å². The van der Waals surface area contributed by atoms with Crippen molar-refractivity contribution in [3.63, 3.8) is 0 Å². The highest BCUT2D eigenvalue weighted by Gasteiger charge is 2.30. The Kier molecular flexibility index (Phi) is 10.6. The molecule has 1 saturated carbocycles. The Balaban J connectivity index is 0.00000243. The number of likely N-dealkylation sites (tertiary alicyclic amines) is 2. The summed E-state index contributed by atoms with van der Waals surface area (Å²) in [4.78, 5) is 9.78. The average Bonchev–Trinajstić information content (AvgIpc) is 3.25. The summed E-state index contributed by atoms with van der Waals surface area (Å²) in [7, 11) is 1.90. The minimum Gasteiger partial charge on any atom is -0.356 e. The highest BCUT2D eigenvalue weighted by atomic mass is 127. The fourth-order valence-corrected chi connectivity index (χ4v) is 4.76. The van der Waals surface area contributed by atoms with Crippen LogP contribution in [0.1, 0.15) is 64.2 Å². The molecular weight excluding hydrogens is 437 g/mol.